The Balaban J connectivity index is 2.10. The molecule has 0 aliphatic carbocycles. The molecule has 0 spiro atoms. The maximum atomic E-state index is 12.9. The molecule has 1 aromatic carbocycles. The number of carbonyl (C=O) groups excluding carboxylic acids is 2. The summed E-state index contributed by atoms with van der Waals surface area (Å²) in [5.41, 5.74) is 5.77. The lowest BCUT2D eigenvalue weighted by Gasteiger charge is -2.39. The number of nitrogens with zero attached hydrogens (tertiary/aromatic N) is 2. The van der Waals surface area contributed by atoms with Crippen LogP contribution in [0.25, 0.3) is 0 Å². The van der Waals surface area contributed by atoms with Gasteiger partial charge in [0.1, 0.15) is 0 Å². The van der Waals surface area contributed by atoms with Crippen LogP contribution in [0.5, 0.6) is 0 Å². The topological polar surface area (TPSA) is 101 Å². The molecule has 0 saturated carbocycles. The first kappa shape index (κ1) is 21.5. The van der Waals surface area contributed by atoms with E-state index in [9.17, 15) is 18.0 Å². The monoisotopic (exact) mass is 395 g/mol. The smallest absolute Gasteiger partial charge is 0.243 e. The van der Waals surface area contributed by atoms with Gasteiger partial charge in [0.2, 0.25) is 15.9 Å². The van der Waals surface area contributed by atoms with E-state index in [0.29, 0.717) is 38.0 Å². The molecule has 8 heteroatoms. The highest BCUT2D eigenvalue weighted by atomic mass is 32.2. The molecule has 2 rings (SSSR count). The van der Waals surface area contributed by atoms with Crippen molar-refractivity contribution in [3.63, 3.8) is 0 Å². The molecule has 0 atom stereocenters. The van der Waals surface area contributed by atoms with E-state index in [0.717, 1.165) is 0 Å². The normalized spacial score (nSPS) is 16.4. The molecule has 1 aliphatic heterocycles. The Morgan fingerprint density at radius 3 is 1.96 bits per heavy atom. The number of hydrogen-bond acceptors (Lipinski definition) is 5. The molecule has 0 aromatic heterocycles. The van der Waals surface area contributed by atoms with Gasteiger partial charge in [0.25, 0.3) is 0 Å². The highest BCUT2D eigenvalue weighted by Crippen LogP contribution is 2.29. The van der Waals surface area contributed by atoms with E-state index >= 15 is 0 Å². The number of piperazine rings is 1. The minimum Gasteiger partial charge on any atom is -0.340 e. The predicted octanol–water partition coefficient (Wildman–Crippen LogP) is 1.49. The van der Waals surface area contributed by atoms with Crippen LogP contribution in [0.2, 0.25) is 0 Å². The van der Waals surface area contributed by atoms with Gasteiger partial charge in [0.15, 0.2) is 5.78 Å². The van der Waals surface area contributed by atoms with Crippen molar-refractivity contribution in [1.29, 1.82) is 0 Å². The van der Waals surface area contributed by atoms with Crippen molar-refractivity contribution in [3.8, 4) is 0 Å². The van der Waals surface area contributed by atoms with Gasteiger partial charge in [-0.2, -0.15) is 4.31 Å². The first-order chi connectivity index (χ1) is 12.7. The average molecular weight is 396 g/mol. The first-order valence-corrected chi connectivity index (χ1v) is 10.8. The van der Waals surface area contributed by atoms with Crippen LogP contribution in [0.1, 0.15) is 44.0 Å². The van der Waals surface area contributed by atoms with Gasteiger partial charge in [-0.25, -0.2) is 8.42 Å². The summed E-state index contributed by atoms with van der Waals surface area (Å²) >= 11 is 0. The molecule has 7 nitrogen and oxygen atoms in total. The standard InChI is InChI=1S/C19H29N3O4S/c1-4-19(5-2,14-20)18(24)21-10-12-22(13-11-21)27(25,26)17-8-6-16(7-9-17)15(3)23/h6-9H,4-5,10-14,20H2,1-3H3. The SMILES string of the molecule is CCC(CC)(CN)C(=O)N1CCN(S(=O)(=O)c2ccc(C(C)=O)cc2)CC1. The average Bonchev–Trinajstić information content (AvgIpc) is 2.69. The summed E-state index contributed by atoms with van der Waals surface area (Å²) < 4.78 is 27.0. The number of Topliss-reactive ketones (excluding diaryl/α,β-unsaturated/α-hetero) is 1. The predicted molar refractivity (Wildman–Crippen MR) is 104 cm³/mol. The van der Waals surface area contributed by atoms with E-state index in [2.05, 4.69) is 0 Å². The summed E-state index contributed by atoms with van der Waals surface area (Å²) in [6.45, 7) is 6.84. The highest BCUT2D eigenvalue weighted by molar-refractivity contribution is 7.89. The van der Waals surface area contributed by atoms with Crippen molar-refractivity contribution in [3.05, 3.63) is 29.8 Å². The maximum absolute atomic E-state index is 12.9. The van der Waals surface area contributed by atoms with Crippen molar-refractivity contribution in [2.24, 2.45) is 11.1 Å². The van der Waals surface area contributed by atoms with Gasteiger partial charge in [-0.1, -0.05) is 26.0 Å². The highest BCUT2D eigenvalue weighted by Gasteiger charge is 2.39. The second-order valence-electron chi connectivity index (χ2n) is 6.97. The minimum atomic E-state index is -3.65. The van der Waals surface area contributed by atoms with Crippen LogP contribution in [0.4, 0.5) is 0 Å². The zero-order chi connectivity index (χ0) is 20.2. The minimum absolute atomic E-state index is 0.0119. The first-order valence-electron chi connectivity index (χ1n) is 9.32. The largest absolute Gasteiger partial charge is 0.340 e. The lowest BCUT2D eigenvalue weighted by Crippen LogP contribution is -2.55. The second-order valence-corrected chi connectivity index (χ2v) is 8.91. The van der Waals surface area contributed by atoms with Gasteiger partial charge >= 0.3 is 0 Å². The molecule has 1 saturated heterocycles. The van der Waals surface area contributed by atoms with E-state index in [1.807, 2.05) is 13.8 Å². The van der Waals surface area contributed by atoms with E-state index in [1.165, 1.54) is 35.5 Å². The van der Waals surface area contributed by atoms with E-state index in [-0.39, 0.29) is 29.7 Å². The molecule has 150 valence electrons. The Hall–Kier alpha value is -1.77. The number of rotatable bonds is 7. The number of benzene rings is 1. The van der Waals surface area contributed by atoms with Crippen molar-refractivity contribution in [2.45, 2.75) is 38.5 Å². The fourth-order valence-electron chi connectivity index (χ4n) is 3.41. The Bertz CT molecular complexity index is 769. The fraction of sp³-hybridized carbons (Fsp3) is 0.579. The number of ketones is 1. The zero-order valence-electron chi connectivity index (χ0n) is 16.3. The summed E-state index contributed by atoms with van der Waals surface area (Å²) in [6.07, 6.45) is 1.33. The molecule has 1 aliphatic rings. The van der Waals surface area contributed by atoms with Crippen molar-refractivity contribution in [1.82, 2.24) is 9.21 Å². The molecule has 1 fully saturated rings. The molecule has 2 N–H and O–H groups in total. The molecule has 1 heterocycles. The number of carbonyl (C=O) groups is 2. The van der Waals surface area contributed by atoms with Crippen LogP contribution in [-0.2, 0) is 14.8 Å². The molecule has 1 aromatic rings. The third-order valence-corrected chi connectivity index (χ3v) is 7.54. The van der Waals surface area contributed by atoms with E-state index < -0.39 is 15.4 Å². The molecular weight excluding hydrogens is 366 g/mol. The summed E-state index contributed by atoms with van der Waals surface area (Å²) in [4.78, 5) is 26.1. The van der Waals surface area contributed by atoms with Crippen LogP contribution in [-0.4, -0.2) is 62.0 Å². The van der Waals surface area contributed by atoms with Gasteiger partial charge in [-0.05, 0) is 31.9 Å². The summed E-state index contributed by atoms with van der Waals surface area (Å²) in [7, 11) is -3.65. The summed E-state index contributed by atoms with van der Waals surface area (Å²) in [5.74, 6) is -0.0980. The Labute approximate surface area is 161 Å². The zero-order valence-corrected chi connectivity index (χ0v) is 17.1. The molecule has 0 radical (unpaired) electrons. The quantitative estimate of drug-likeness (QED) is 0.705. The second kappa shape index (κ2) is 8.50. The number of nitrogens with two attached hydrogens (primary N) is 1. The third-order valence-electron chi connectivity index (χ3n) is 5.62. The summed E-state index contributed by atoms with van der Waals surface area (Å²) in [6, 6.07) is 5.95. The Morgan fingerprint density at radius 2 is 1.56 bits per heavy atom. The maximum Gasteiger partial charge on any atom is 0.243 e. The van der Waals surface area contributed by atoms with Gasteiger partial charge < -0.3 is 10.6 Å². The van der Waals surface area contributed by atoms with E-state index in [1.54, 1.807) is 4.90 Å². The molecule has 1 amide bonds. The van der Waals surface area contributed by atoms with Gasteiger partial charge in [-0.15, -0.1) is 0 Å². The molecule has 0 bridgehead atoms. The summed E-state index contributed by atoms with van der Waals surface area (Å²) in [5, 5.41) is 0. The van der Waals surface area contributed by atoms with Crippen molar-refractivity contribution in [2.75, 3.05) is 32.7 Å². The number of sulfonamides is 1. The van der Waals surface area contributed by atoms with Crippen LogP contribution in [0.15, 0.2) is 29.2 Å². The Morgan fingerprint density at radius 1 is 1.04 bits per heavy atom. The number of amides is 1. The lowest BCUT2D eigenvalue weighted by atomic mass is 9.81. The van der Waals surface area contributed by atoms with Gasteiger partial charge in [-0.3, -0.25) is 9.59 Å². The van der Waals surface area contributed by atoms with Crippen LogP contribution >= 0.6 is 0 Å². The van der Waals surface area contributed by atoms with Gasteiger partial charge in [0.05, 0.1) is 10.3 Å². The molecule has 27 heavy (non-hydrogen) atoms. The van der Waals surface area contributed by atoms with Crippen LogP contribution in [0, 0.1) is 5.41 Å². The van der Waals surface area contributed by atoms with E-state index in [4.69, 9.17) is 5.73 Å². The molecular formula is C19H29N3O4S. The third kappa shape index (κ3) is 4.23. The fourth-order valence-corrected chi connectivity index (χ4v) is 4.83. The number of hydrogen-bond donors (Lipinski definition) is 1. The van der Waals surface area contributed by atoms with Gasteiger partial charge in [0, 0.05) is 38.3 Å². The Kier molecular flexibility index (Phi) is 6.77. The molecule has 0 unspecified atom stereocenters. The lowest BCUT2D eigenvalue weighted by molar-refractivity contribution is -0.143. The van der Waals surface area contributed by atoms with Crippen LogP contribution < -0.4 is 5.73 Å². The van der Waals surface area contributed by atoms with Crippen LogP contribution in [0.3, 0.4) is 0 Å². The van der Waals surface area contributed by atoms with Crippen molar-refractivity contribution >= 4 is 21.7 Å². The van der Waals surface area contributed by atoms with Crippen molar-refractivity contribution < 1.29 is 18.0 Å².